The summed E-state index contributed by atoms with van der Waals surface area (Å²) in [6.45, 7) is -0.842. The molecule has 4 N–H and O–H groups in total. The van der Waals surface area contributed by atoms with Gasteiger partial charge in [-0.05, 0) is 33.2 Å². The number of phenolic OH excluding ortho intramolecular Hbond substituents is 2. The average molecular weight is 492 g/mol. The van der Waals surface area contributed by atoms with Crippen LogP contribution in [0.15, 0.2) is 119 Å². The minimum absolute atomic E-state index is 0.0177. The molecule has 0 unspecified atom stereocenters. The molecule has 5 aromatic rings. The van der Waals surface area contributed by atoms with Crippen LogP contribution in [0.5, 0.6) is 11.5 Å². The second-order valence-electron chi connectivity index (χ2n) is 9.47. The zero-order valence-electron chi connectivity index (χ0n) is 20.3. The van der Waals surface area contributed by atoms with Crippen molar-refractivity contribution in [2.45, 2.75) is 0 Å². The van der Waals surface area contributed by atoms with Crippen LogP contribution < -0.4 is 32.1 Å². The minimum Gasteiger partial charge on any atom is -0.504 e. The van der Waals surface area contributed by atoms with Gasteiger partial charge in [-0.3, -0.25) is 0 Å². The quantitative estimate of drug-likeness (QED) is 0.176. The third-order valence-corrected chi connectivity index (χ3v) is 7.14. The molecule has 0 fully saturated rings. The van der Waals surface area contributed by atoms with E-state index in [-0.39, 0.29) is 18.5 Å². The second kappa shape index (κ2) is 8.85. The predicted molar refractivity (Wildman–Crippen MR) is 154 cm³/mol. The molecule has 7 rings (SSSR count). The summed E-state index contributed by atoms with van der Waals surface area (Å²) >= 11 is 0. The summed E-state index contributed by atoms with van der Waals surface area (Å²) in [5, 5.41) is 29.4. The van der Waals surface area contributed by atoms with E-state index in [4.69, 9.17) is 0 Å². The van der Waals surface area contributed by atoms with Gasteiger partial charge in [-0.25, -0.2) is 0 Å². The minimum atomic E-state index is -0.532. The Hall–Kier alpha value is -4.97. The first-order chi connectivity index (χ1) is 18.7. The van der Waals surface area contributed by atoms with Crippen LogP contribution >= 0.6 is 0 Å². The molecule has 0 saturated carbocycles. The summed E-state index contributed by atoms with van der Waals surface area (Å²) in [4.78, 5) is 9.32. The lowest BCUT2D eigenvalue weighted by molar-refractivity contribution is 0.454. The first-order valence-corrected chi connectivity index (χ1v) is 12.5. The number of aromatic hydroxyl groups is 2. The van der Waals surface area contributed by atoms with E-state index in [2.05, 4.69) is 56.7 Å². The van der Waals surface area contributed by atoms with Crippen molar-refractivity contribution in [3.05, 3.63) is 120 Å². The molecular weight excluding hydrogens is 470 g/mol. The van der Waals surface area contributed by atoms with Gasteiger partial charge >= 0.3 is 14.0 Å². The van der Waals surface area contributed by atoms with E-state index in [1.165, 1.54) is 0 Å². The summed E-state index contributed by atoms with van der Waals surface area (Å²) < 4.78 is 0. The highest BCUT2D eigenvalue weighted by Gasteiger charge is 2.35. The number of rotatable bonds is 4. The Morgan fingerprint density at radius 2 is 0.868 bits per heavy atom. The molecule has 8 heteroatoms. The average Bonchev–Trinajstić information content (AvgIpc) is 3.64. The standard InChI is InChI=1S/C30H22B2N4O2/c37-29-25-26(34-31(33-25)23-15-11-21(12-16-23)19-7-3-1-4-8-19)30(38)28-27(29)35-32(36-28)24-17-13-22(14-18-24)20-9-5-2-6-10-20/h1-18,33-34,37-38H. The van der Waals surface area contributed by atoms with Gasteiger partial charge in [0.1, 0.15) is 10.7 Å². The van der Waals surface area contributed by atoms with Gasteiger partial charge in [0.15, 0.2) is 11.5 Å². The van der Waals surface area contributed by atoms with Gasteiger partial charge in [0.05, 0.1) is 11.4 Å². The molecule has 0 aliphatic carbocycles. The van der Waals surface area contributed by atoms with Crippen molar-refractivity contribution in [2.75, 3.05) is 10.5 Å². The fourth-order valence-electron chi connectivity index (χ4n) is 5.11. The van der Waals surface area contributed by atoms with Gasteiger partial charge in [-0.1, -0.05) is 109 Å². The van der Waals surface area contributed by atoms with Crippen LogP contribution in [0.1, 0.15) is 0 Å². The van der Waals surface area contributed by atoms with Gasteiger partial charge in [0.2, 0.25) is 0 Å². The van der Waals surface area contributed by atoms with E-state index in [0.29, 0.717) is 22.1 Å². The van der Waals surface area contributed by atoms with Gasteiger partial charge in [-0.15, -0.1) is 0 Å². The lowest BCUT2D eigenvalue weighted by atomic mass is 9.69. The molecule has 6 nitrogen and oxygen atoms in total. The van der Waals surface area contributed by atoms with E-state index in [0.717, 1.165) is 33.2 Å². The number of nitrogens with one attached hydrogen (secondary N) is 2. The number of anilines is 2. The number of fused-ring (bicyclic) bond motifs is 2. The maximum atomic E-state index is 11.1. The lowest BCUT2D eigenvalue weighted by Gasteiger charge is -2.09. The zero-order valence-corrected chi connectivity index (χ0v) is 20.3. The number of hydrogen-bond acceptors (Lipinski definition) is 6. The number of nitrogens with zero attached hydrogens (tertiary/aromatic N) is 2. The van der Waals surface area contributed by atoms with E-state index in [1.807, 2.05) is 72.8 Å². The highest BCUT2D eigenvalue weighted by atomic mass is 16.3. The number of phenols is 2. The molecule has 0 saturated heterocycles. The zero-order chi connectivity index (χ0) is 25.6. The van der Waals surface area contributed by atoms with Crippen LogP contribution in [0.3, 0.4) is 0 Å². The highest BCUT2D eigenvalue weighted by Crippen LogP contribution is 2.38. The predicted octanol–water partition coefficient (Wildman–Crippen LogP) is 3.31. The van der Waals surface area contributed by atoms with E-state index in [9.17, 15) is 10.2 Å². The monoisotopic (exact) mass is 492 g/mol. The van der Waals surface area contributed by atoms with Crippen LogP contribution in [-0.4, -0.2) is 24.2 Å². The molecule has 2 heterocycles. The molecule has 0 spiro atoms. The second-order valence-corrected chi connectivity index (χ2v) is 9.47. The van der Waals surface area contributed by atoms with Crippen LogP contribution in [0.2, 0.25) is 0 Å². The van der Waals surface area contributed by atoms with Crippen LogP contribution in [-0.2, 0) is 0 Å². The van der Waals surface area contributed by atoms with Crippen LogP contribution in [0.25, 0.3) is 22.3 Å². The smallest absolute Gasteiger partial charge is 0.449 e. The van der Waals surface area contributed by atoms with Crippen molar-refractivity contribution in [1.29, 1.82) is 0 Å². The molecule has 0 bridgehead atoms. The van der Waals surface area contributed by atoms with E-state index < -0.39 is 6.98 Å². The topological polar surface area (TPSA) is 89.2 Å². The van der Waals surface area contributed by atoms with Crippen molar-refractivity contribution >= 4 is 36.3 Å². The fourth-order valence-corrected chi connectivity index (χ4v) is 5.11. The molecule has 2 aliphatic rings. The van der Waals surface area contributed by atoms with Gasteiger partial charge in [-0.2, -0.15) is 0 Å². The van der Waals surface area contributed by atoms with Crippen molar-refractivity contribution in [3.63, 3.8) is 0 Å². The van der Waals surface area contributed by atoms with Gasteiger partial charge in [0.25, 0.3) is 0 Å². The largest absolute Gasteiger partial charge is 0.504 e. The third-order valence-electron chi connectivity index (χ3n) is 7.14. The molecule has 0 amide bonds. The normalized spacial score (nSPS) is 13.2. The SMILES string of the molecule is Oc1c2c(c(O)c3c1=NB(c1ccc(-c4ccccc4)cc1)N=3)NB(c1ccc(-c3ccccc3)cc1)N2. The Morgan fingerprint density at radius 3 is 1.32 bits per heavy atom. The summed E-state index contributed by atoms with van der Waals surface area (Å²) in [5.41, 5.74) is 7.22. The lowest BCUT2D eigenvalue weighted by Crippen LogP contribution is -2.41. The molecular formula is C30H22B2N4O2. The first-order valence-electron chi connectivity index (χ1n) is 12.5. The first kappa shape index (κ1) is 22.2. The Bertz CT molecular complexity index is 1730. The number of hydrogen-bond donors (Lipinski definition) is 4. The summed E-state index contributed by atoms with van der Waals surface area (Å²) in [7, 11) is 0. The Balaban J connectivity index is 1.17. The maximum Gasteiger partial charge on any atom is 0.449 e. The molecule has 0 atom stereocenters. The van der Waals surface area contributed by atoms with E-state index >= 15 is 0 Å². The summed E-state index contributed by atoms with van der Waals surface area (Å²) in [5.74, 6) is -0.0354. The van der Waals surface area contributed by atoms with Crippen molar-refractivity contribution in [1.82, 2.24) is 0 Å². The Labute approximate surface area is 220 Å². The molecule has 5 aromatic carbocycles. The Kier molecular flexibility index (Phi) is 5.18. The molecule has 38 heavy (non-hydrogen) atoms. The van der Waals surface area contributed by atoms with Crippen molar-refractivity contribution in [2.24, 2.45) is 9.81 Å². The maximum absolute atomic E-state index is 11.1. The van der Waals surface area contributed by atoms with Crippen LogP contribution in [0, 0.1) is 0 Å². The van der Waals surface area contributed by atoms with Crippen molar-refractivity contribution < 1.29 is 10.2 Å². The van der Waals surface area contributed by atoms with Gasteiger partial charge in [0, 0.05) is 0 Å². The summed E-state index contributed by atoms with van der Waals surface area (Å²) in [6.07, 6.45) is 0. The highest BCUT2D eigenvalue weighted by molar-refractivity contribution is 6.81. The van der Waals surface area contributed by atoms with Gasteiger partial charge < -0.3 is 30.5 Å². The molecule has 2 aliphatic heterocycles. The van der Waals surface area contributed by atoms with Crippen molar-refractivity contribution in [3.8, 4) is 33.8 Å². The summed E-state index contributed by atoms with van der Waals surface area (Å²) in [6, 6.07) is 36.6. The Morgan fingerprint density at radius 1 is 0.474 bits per heavy atom. The van der Waals surface area contributed by atoms with Crippen LogP contribution in [0.4, 0.5) is 11.4 Å². The fraction of sp³-hybridized carbons (Fsp3) is 0. The third kappa shape index (κ3) is 3.69. The molecule has 180 valence electrons. The molecule has 0 radical (unpaired) electrons. The number of benzene rings is 5. The van der Waals surface area contributed by atoms with E-state index in [1.54, 1.807) is 0 Å². The molecule has 0 aromatic heterocycles.